The molecule has 0 aliphatic heterocycles. The van der Waals surface area contributed by atoms with Gasteiger partial charge in [0.05, 0.1) is 5.69 Å². The molecule has 1 N–H and O–H groups in total. The molecule has 0 fully saturated rings. The van der Waals surface area contributed by atoms with Crippen molar-refractivity contribution in [2.75, 3.05) is 11.9 Å². The summed E-state index contributed by atoms with van der Waals surface area (Å²) in [5, 5.41) is 2.74. The Morgan fingerprint density at radius 1 is 1.14 bits per heavy atom. The van der Waals surface area contributed by atoms with Crippen LogP contribution in [0.3, 0.4) is 0 Å². The van der Waals surface area contributed by atoms with Gasteiger partial charge in [-0.3, -0.25) is 0 Å². The molecule has 0 aliphatic carbocycles. The van der Waals surface area contributed by atoms with Gasteiger partial charge >= 0.3 is 6.18 Å². The van der Waals surface area contributed by atoms with Crippen LogP contribution in [-0.2, 0) is 6.18 Å². The first-order valence-electron chi connectivity index (χ1n) is 6.59. The van der Waals surface area contributed by atoms with Crippen molar-refractivity contribution in [3.8, 4) is 11.3 Å². The smallest absolute Gasteiger partial charge is 0.354 e. The first kappa shape index (κ1) is 15.3. The van der Waals surface area contributed by atoms with Crippen LogP contribution in [0.15, 0.2) is 24.3 Å². The second-order valence-corrected chi connectivity index (χ2v) is 4.74. The molecule has 1 heterocycles. The van der Waals surface area contributed by atoms with Gasteiger partial charge < -0.3 is 5.32 Å². The fourth-order valence-corrected chi connectivity index (χ4v) is 2.00. The fourth-order valence-electron chi connectivity index (χ4n) is 2.00. The van der Waals surface area contributed by atoms with Crippen LogP contribution in [0, 0.1) is 13.8 Å². The Morgan fingerprint density at radius 2 is 1.86 bits per heavy atom. The monoisotopic (exact) mass is 295 g/mol. The highest BCUT2D eigenvalue weighted by atomic mass is 19.4. The van der Waals surface area contributed by atoms with Gasteiger partial charge in [0.2, 0.25) is 5.95 Å². The summed E-state index contributed by atoms with van der Waals surface area (Å²) in [6.45, 7) is 6.01. The van der Waals surface area contributed by atoms with E-state index in [2.05, 4.69) is 15.3 Å². The summed E-state index contributed by atoms with van der Waals surface area (Å²) in [4.78, 5) is 7.71. The van der Waals surface area contributed by atoms with E-state index in [1.807, 2.05) is 19.9 Å². The summed E-state index contributed by atoms with van der Waals surface area (Å²) in [5.41, 5.74) is 1.93. The van der Waals surface area contributed by atoms with E-state index in [1.54, 1.807) is 19.1 Å². The molecule has 0 saturated carbocycles. The van der Waals surface area contributed by atoms with Crippen LogP contribution < -0.4 is 5.32 Å². The van der Waals surface area contributed by atoms with Gasteiger partial charge in [0.1, 0.15) is 0 Å². The Labute approximate surface area is 121 Å². The predicted octanol–water partition coefficient (Wildman–Crippen LogP) is 4.21. The van der Waals surface area contributed by atoms with Gasteiger partial charge in [-0.2, -0.15) is 13.2 Å². The van der Waals surface area contributed by atoms with E-state index in [0.29, 0.717) is 12.1 Å². The second-order valence-electron chi connectivity index (χ2n) is 4.74. The zero-order chi connectivity index (χ0) is 15.6. The average Bonchev–Trinajstić information content (AvgIpc) is 2.41. The van der Waals surface area contributed by atoms with E-state index in [4.69, 9.17) is 0 Å². The molecule has 112 valence electrons. The van der Waals surface area contributed by atoms with Gasteiger partial charge in [0.25, 0.3) is 0 Å². The topological polar surface area (TPSA) is 37.8 Å². The minimum Gasteiger partial charge on any atom is -0.354 e. The van der Waals surface area contributed by atoms with Crippen molar-refractivity contribution in [3.63, 3.8) is 0 Å². The zero-order valence-electron chi connectivity index (χ0n) is 12.0. The normalized spacial score (nSPS) is 11.5. The third-order valence-corrected chi connectivity index (χ3v) is 3.23. The molecule has 0 spiro atoms. The van der Waals surface area contributed by atoms with E-state index >= 15 is 0 Å². The number of aromatic nitrogens is 2. The molecule has 0 saturated heterocycles. The highest BCUT2D eigenvalue weighted by molar-refractivity contribution is 5.66. The molecule has 0 aliphatic rings. The zero-order valence-corrected chi connectivity index (χ0v) is 12.0. The third-order valence-electron chi connectivity index (χ3n) is 3.23. The van der Waals surface area contributed by atoms with Gasteiger partial charge in [0, 0.05) is 12.1 Å². The molecule has 2 aromatic rings. The van der Waals surface area contributed by atoms with Crippen molar-refractivity contribution in [2.45, 2.75) is 26.9 Å². The van der Waals surface area contributed by atoms with Crippen LogP contribution in [0.1, 0.15) is 23.7 Å². The van der Waals surface area contributed by atoms with Crippen molar-refractivity contribution < 1.29 is 13.2 Å². The minimum absolute atomic E-state index is 0.0109. The van der Waals surface area contributed by atoms with Crippen LogP contribution in [0.2, 0.25) is 0 Å². The molecular weight excluding hydrogens is 279 g/mol. The lowest BCUT2D eigenvalue weighted by molar-refractivity contribution is -0.141. The van der Waals surface area contributed by atoms with Crippen LogP contribution in [0.4, 0.5) is 19.1 Å². The fraction of sp³-hybridized carbons (Fsp3) is 0.333. The number of anilines is 1. The summed E-state index contributed by atoms with van der Waals surface area (Å²) in [5.74, 6) is -0.0109. The number of rotatable bonds is 3. The Bertz CT molecular complexity index is 651. The molecule has 6 heteroatoms. The Morgan fingerprint density at radius 3 is 2.48 bits per heavy atom. The van der Waals surface area contributed by atoms with E-state index in [0.717, 1.165) is 17.2 Å². The van der Waals surface area contributed by atoms with Crippen molar-refractivity contribution in [1.82, 2.24) is 9.97 Å². The van der Waals surface area contributed by atoms with E-state index in [-0.39, 0.29) is 11.6 Å². The number of nitrogens with zero attached hydrogens (tertiary/aromatic N) is 2. The van der Waals surface area contributed by atoms with Crippen LogP contribution in [0.5, 0.6) is 0 Å². The van der Waals surface area contributed by atoms with Crippen molar-refractivity contribution in [3.05, 3.63) is 41.1 Å². The van der Waals surface area contributed by atoms with Crippen molar-refractivity contribution in [1.29, 1.82) is 0 Å². The van der Waals surface area contributed by atoms with Gasteiger partial charge in [0.15, 0.2) is 5.69 Å². The summed E-state index contributed by atoms with van der Waals surface area (Å²) in [6.07, 6.45) is -4.50. The highest BCUT2D eigenvalue weighted by Gasteiger charge is 2.33. The van der Waals surface area contributed by atoms with Crippen LogP contribution in [0.25, 0.3) is 11.3 Å². The summed E-state index contributed by atoms with van der Waals surface area (Å²) in [6, 6.07) is 6.47. The maximum atomic E-state index is 13.0. The molecule has 0 radical (unpaired) electrons. The first-order chi connectivity index (χ1) is 9.82. The van der Waals surface area contributed by atoms with Crippen molar-refractivity contribution in [2.24, 2.45) is 0 Å². The molecular formula is C15H16F3N3. The molecule has 3 nitrogen and oxygen atoms in total. The predicted molar refractivity (Wildman–Crippen MR) is 76.1 cm³/mol. The van der Waals surface area contributed by atoms with E-state index < -0.39 is 11.9 Å². The quantitative estimate of drug-likeness (QED) is 0.921. The van der Waals surface area contributed by atoms with Crippen molar-refractivity contribution >= 4 is 5.95 Å². The lowest BCUT2D eigenvalue weighted by Crippen LogP contribution is -2.12. The maximum Gasteiger partial charge on any atom is 0.433 e. The molecule has 1 aromatic heterocycles. The standard InChI is InChI=1S/C15H16F3N3/c1-4-19-14-20-12(8-13(21-14)15(16,17)18)11-7-5-6-9(2)10(11)3/h5-8H,4H2,1-3H3,(H,19,20,21). The number of hydrogen-bond donors (Lipinski definition) is 1. The highest BCUT2D eigenvalue weighted by Crippen LogP contribution is 2.32. The van der Waals surface area contributed by atoms with Gasteiger partial charge in [-0.15, -0.1) is 0 Å². The van der Waals surface area contributed by atoms with Gasteiger partial charge in [-0.05, 0) is 38.0 Å². The molecule has 0 amide bonds. The number of halogens is 3. The van der Waals surface area contributed by atoms with E-state index in [1.165, 1.54) is 0 Å². The maximum absolute atomic E-state index is 13.0. The summed E-state index contributed by atoms with van der Waals surface area (Å²) >= 11 is 0. The van der Waals surface area contributed by atoms with Crippen LogP contribution >= 0.6 is 0 Å². The van der Waals surface area contributed by atoms with Crippen LogP contribution in [-0.4, -0.2) is 16.5 Å². The molecule has 0 unspecified atom stereocenters. The Hall–Kier alpha value is -2.11. The largest absolute Gasteiger partial charge is 0.433 e. The third kappa shape index (κ3) is 3.32. The minimum atomic E-state index is -4.50. The summed E-state index contributed by atoms with van der Waals surface area (Å²) in [7, 11) is 0. The molecule has 0 atom stereocenters. The Balaban J connectivity index is 2.62. The summed E-state index contributed by atoms with van der Waals surface area (Å²) < 4.78 is 38.9. The number of hydrogen-bond acceptors (Lipinski definition) is 3. The SMILES string of the molecule is CCNc1nc(-c2cccc(C)c2C)cc(C(F)(F)F)n1. The molecule has 0 bridgehead atoms. The first-order valence-corrected chi connectivity index (χ1v) is 6.59. The van der Waals surface area contributed by atoms with Gasteiger partial charge in [-0.25, -0.2) is 9.97 Å². The lowest BCUT2D eigenvalue weighted by Gasteiger charge is -2.13. The average molecular weight is 295 g/mol. The molecule has 21 heavy (non-hydrogen) atoms. The van der Waals surface area contributed by atoms with E-state index in [9.17, 15) is 13.2 Å². The second kappa shape index (κ2) is 5.71. The Kier molecular flexibility index (Phi) is 4.16. The number of nitrogens with one attached hydrogen (secondary N) is 1. The van der Waals surface area contributed by atoms with Gasteiger partial charge in [-0.1, -0.05) is 18.2 Å². The number of alkyl halides is 3. The molecule has 1 aromatic carbocycles. The number of aryl methyl sites for hydroxylation is 1. The molecule has 2 rings (SSSR count). The lowest BCUT2D eigenvalue weighted by atomic mass is 10.0. The number of benzene rings is 1.